The number of halogens is 2. The van der Waals surface area contributed by atoms with Crippen molar-refractivity contribution in [1.82, 2.24) is 0 Å². The quantitative estimate of drug-likeness (QED) is 0.146. The Morgan fingerprint density at radius 3 is 1.53 bits per heavy atom. The fourth-order valence-corrected chi connectivity index (χ4v) is 4.68. The van der Waals surface area contributed by atoms with Crippen LogP contribution in [0.4, 0.5) is 8.78 Å². The molecule has 180 valence electrons. The number of alkyl halides is 2. The van der Waals surface area contributed by atoms with Crippen molar-refractivity contribution < 1.29 is 36.3 Å². The molecule has 0 aliphatic carbocycles. The van der Waals surface area contributed by atoms with Crippen LogP contribution in [0, 0.1) is 0 Å². The molecule has 3 aromatic rings. The van der Waals surface area contributed by atoms with Gasteiger partial charge < -0.3 is 0 Å². The highest BCUT2D eigenvalue weighted by Gasteiger charge is 2.45. The van der Waals surface area contributed by atoms with E-state index >= 15 is 0 Å². The Morgan fingerprint density at radius 2 is 1.24 bits per heavy atom. The fraction of sp³-hybridized carbons (Fsp3) is 0.125. The second kappa shape index (κ2) is 12.4. The van der Waals surface area contributed by atoms with Crippen molar-refractivity contribution >= 4 is 27.0 Å². The third-order valence-corrected chi connectivity index (χ3v) is 7.13. The molecule has 0 aliphatic heterocycles. The highest BCUT2D eigenvalue weighted by molar-refractivity contribution is 7.97. The lowest BCUT2D eigenvalue weighted by Crippen LogP contribution is -2.34. The van der Waals surface area contributed by atoms with Crippen LogP contribution in [-0.4, -0.2) is 30.8 Å². The van der Waals surface area contributed by atoms with E-state index in [2.05, 4.69) is 107 Å². The molecule has 1 N–H and O–H groups in total. The molecule has 0 aromatic heterocycles. The molecule has 0 radical (unpaired) electrons. The molecule has 0 saturated carbocycles. The van der Waals surface area contributed by atoms with Gasteiger partial charge in [0.2, 0.25) is 0 Å². The predicted molar refractivity (Wildman–Crippen MR) is 125 cm³/mol. The van der Waals surface area contributed by atoms with Crippen molar-refractivity contribution in [1.29, 1.82) is 0 Å². The summed E-state index contributed by atoms with van der Waals surface area (Å²) in [5.74, 6) is -1.12. The topological polar surface area (TPSA) is 89.9 Å². The summed E-state index contributed by atoms with van der Waals surface area (Å²) in [6.07, 6.45) is 0. The molecule has 6 nitrogen and oxygen atoms in total. The van der Waals surface area contributed by atoms with E-state index in [9.17, 15) is 22.0 Å². The van der Waals surface area contributed by atoms with E-state index in [0.29, 0.717) is 0 Å². The van der Waals surface area contributed by atoms with Gasteiger partial charge in [-0.15, -0.1) is 0 Å². The molecule has 0 heterocycles. The number of carbonyl (C=O) groups excluding carboxylic acids is 1. The summed E-state index contributed by atoms with van der Waals surface area (Å²) in [4.78, 5) is 22.0. The van der Waals surface area contributed by atoms with Gasteiger partial charge >= 0.3 is 21.3 Å². The molecule has 34 heavy (non-hydrogen) atoms. The first-order valence-electron chi connectivity index (χ1n) is 9.76. The van der Waals surface area contributed by atoms with E-state index in [1.54, 1.807) is 0 Å². The van der Waals surface area contributed by atoms with Crippen LogP contribution in [0.15, 0.2) is 118 Å². The van der Waals surface area contributed by atoms with Crippen LogP contribution in [0.3, 0.4) is 0 Å². The first kappa shape index (κ1) is 27.2. The Hall–Kier alpha value is -3.05. The molecule has 10 heteroatoms. The summed E-state index contributed by atoms with van der Waals surface area (Å²) < 4.78 is 52.9. The molecule has 0 saturated heterocycles. The van der Waals surface area contributed by atoms with Crippen LogP contribution in [0.1, 0.15) is 6.92 Å². The maximum Gasteiger partial charge on any atom is 0.396 e. The van der Waals surface area contributed by atoms with Gasteiger partial charge in [0, 0.05) is 5.57 Å². The minimum atomic E-state index is -5.59. The Labute approximate surface area is 199 Å². The zero-order valence-corrected chi connectivity index (χ0v) is 19.8. The van der Waals surface area contributed by atoms with Gasteiger partial charge in [0.15, 0.2) is 21.3 Å². The van der Waals surface area contributed by atoms with E-state index in [1.807, 2.05) is 0 Å². The van der Waals surface area contributed by atoms with Gasteiger partial charge in [0.1, 0.15) is 0 Å². The first-order chi connectivity index (χ1) is 16.0. The fourth-order valence-electron chi connectivity index (χ4n) is 2.38. The van der Waals surface area contributed by atoms with Gasteiger partial charge in [-0.3, -0.25) is 9.44 Å². The predicted octanol–water partition coefficient (Wildman–Crippen LogP) is 5.30. The molecule has 3 rings (SSSR count). The van der Waals surface area contributed by atoms with Gasteiger partial charge in [-0.25, -0.2) is 4.79 Å². The highest BCUT2D eigenvalue weighted by Crippen LogP contribution is 2.30. The van der Waals surface area contributed by atoms with Crippen LogP contribution in [0.2, 0.25) is 0 Å². The number of carbonyl (C=O) groups is 1. The molecule has 0 aliphatic rings. The summed E-state index contributed by atoms with van der Waals surface area (Å²) in [5.41, 5.74) is -0.120. The van der Waals surface area contributed by atoms with Crippen molar-refractivity contribution in [2.45, 2.75) is 26.9 Å². The number of hydrogen-bond donors (Lipinski definition) is 1. The second-order valence-electron chi connectivity index (χ2n) is 6.77. The normalized spacial score (nSPS) is 11.3. The molecular weight excluding hydrogens is 486 g/mol. The van der Waals surface area contributed by atoms with Crippen molar-refractivity contribution in [3.63, 3.8) is 0 Å². The van der Waals surface area contributed by atoms with Crippen molar-refractivity contribution in [3.8, 4) is 0 Å². The Morgan fingerprint density at radius 1 is 0.882 bits per heavy atom. The van der Waals surface area contributed by atoms with Crippen LogP contribution in [0.25, 0.3) is 0 Å². The Kier molecular flexibility index (Phi) is 9.94. The lowest BCUT2D eigenvalue weighted by atomic mass is 10.4. The molecule has 3 aromatic carbocycles. The monoisotopic (exact) mass is 509 g/mol. The number of rotatable bonds is 8. The number of hydrogen-bond acceptors (Lipinski definition) is 5. The molecule has 0 fully saturated rings. The van der Waals surface area contributed by atoms with Crippen molar-refractivity contribution in [3.05, 3.63) is 103 Å². The standard InChI is InChI=1S/C18H15S.C6H8F2O6S/c1-4-10-16(11-5-1)19(17-12-6-2-7-13-17)18-14-8-3-9-15-18;1-4(2)5(9)14-13-3-6(7,8)15(10,11)12/h1-15H;1,3H2,2H3,(H,10,11,12)/q+1;. The zero-order valence-electron chi connectivity index (χ0n) is 18.1. The SMILES string of the molecule is C=C(C)C(=O)OOCC(F)(F)S(=O)(=O)O.c1ccc([S+](c2ccccc2)c2ccccc2)cc1. The highest BCUT2D eigenvalue weighted by atomic mass is 32.2. The zero-order chi connectivity index (χ0) is 25.2. The summed E-state index contributed by atoms with van der Waals surface area (Å²) in [6, 6.07) is 32.2. The smallest absolute Gasteiger partial charge is 0.293 e. The summed E-state index contributed by atoms with van der Waals surface area (Å²) in [7, 11) is -5.61. The largest absolute Gasteiger partial charge is 0.396 e. The minimum absolute atomic E-state index is 0.0146. The van der Waals surface area contributed by atoms with Crippen LogP contribution >= 0.6 is 0 Å². The first-order valence-corrected chi connectivity index (χ1v) is 12.4. The second-order valence-corrected chi connectivity index (χ2v) is 10.3. The van der Waals surface area contributed by atoms with Gasteiger partial charge in [-0.1, -0.05) is 61.2 Å². The molecule has 0 atom stereocenters. The van der Waals surface area contributed by atoms with E-state index in [1.165, 1.54) is 21.6 Å². The average Bonchev–Trinajstić information content (AvgIpc) is 2.81. The molecular formula is C24H23F2O6S2+. The third kappa shape index (κ3) is 8.07. The molecule has 0 amide bonds. The van der Waals surface area contributed by atoms with Gasteiger partial charge in [-0.05, 0) is 43.3 Å². The lowest BCUT2D eigenvalue weighted by Gasteiger charge is -2.11. The van der Waals surface area contributed by atoms with E-state index in [-0.39, 0.29) is 16.5 Å². The van der Waals surface area contributed by atoms with Crippen molar-refractivity contribution in [2.24, 2.45) is 0 Å². The Bertz CT molecular complexity index is 1080. The minimum Gasteiger partial charge on any atom is -0.293 e. The van der Waals surface area contributed by atoms with Crippen LogP contribution < -0.4 is 0 Å². The van der Waals surface area contributed by atoms with Crippen LogP contribution in [0.5, 0.6) is 0 Å². The van der Waals surface area contributed by atoms with E-state index in [0.717, 1.165) is 0 Å². The van der Waals surface area contributed by atoms with Gasteiger partial charge in [0.05, 0.1) is 10.9 Å². The van der Waals surface area contributed by atoms with Gasteiger partial charge in [-0.2, -0.15) is 22.1 Å². The van der Waals surface area contributed by atoms with Crippen molar-refractivity contribution in [2.75, 3.05) is 6.61 Å². The third-order valence-electron chi connectivity index (χ3n) is 4.02. The summed E-state index contributed by atoms with van der Waals surface area (Å²) in [5, 5.41) is -4.54. The number of benzene rings is 3. The van der Waals surface area contributed by atoms with E-state index < -0.39 is 27.9 Å². The molecule has 0 spiro atoms. The van der Waals surface area contributed by atoms with Gasteiger partial charge in [0.25, 0.3) is 0 Å². The summed E-state index contributed by atoms with van der Waals surface area (Å²) in [6.45, 7) is 2.54. The molecule has 0 unspecified atom stereocenters. The van der Waals surface area contributed by atoms with E-state index in [4.69, 9.17) is 4.55 Å². The average molecular weight is 510 g/mol. The van der Waals surface area contributed by atoms with Crippen LogP contribution in [-0.2, 0) is 35.6 Å². The lowest BCUT2D eigenvalue weighted by molar-refractivity contribution is -0.285. The molecule has 0 bridgehead atoms. The maximum atomic E-state index is 12.4. The summed E-state index contributed by atoms with van der Waals surface area (Å²) >= 11 is 0. The Balaban J connectivity index is 0.000000249. The maximum absolute atomic E-state index is 12.4.